The molecule has 1 N–H and O–H groups in total. The number of benzene rings is 2. The molecule has 4 aliphatic rings. The number of hydrogen-bond acceptors (Lipinski definition) is 8. The third kappa shape index (κ3) is 6.20. The molecule has 1 saturated carbocycles. The lowest BCUT2D eigenvalue weighted by atomic mass is 9.95. The molecule has 54 heavy (non-hydrogen) atoms. The monoisotopic (exact) mass is 759 g/mol. The average Bonchev–Trinajstić information content (AvgIpc) is 3.71. The van der Waals surface area contributed by atoms with Crippen LogP contribution in [0.4, 0.5) is 19.0 Å². The minimum absolute atomic E-state index is 0.0155. The maximum Gasteiger partial charge on any atom is 0.319 e. The number of halogens is 3. The highest BCUT2D eigenvalue weighted by Crippen LogP contribution is 2.45. The van der Waals surface area contributed by atoms with Gasteiger partial charge in [-0.15, -0.1) is 5.54 Å². The largest absolute Gasteiger partial charge is 0.508 e. The third-order valence-electron chi connectivity index (χ3n) is 12.4. The van der Waals surface area contributed by atoms with Crippen molar-refractivity contribution in [1.29, 1.82) is 0 Å². The van der Waals surface area contributed by atoms with Gasteiger partial charge in [0.25, 0.3) is 0 Å². The van der Waals surface area contributed by atoms with Crippen LogP contribution in [0.2, 0.25) is 16.6 Å². The Bertz CT molecular complexity index is 2250. The van der Waals surface area contributed by atoms with Gasteiger partial charge in [0.2, 0.25) is 0 Å². The topological polar surface area (TPSA) is 83.8 Å². The molecule has 286 valence electrons. The number of ether oxygens (including phenoxy) is 2. The van der Waals surface area contributed by atoms with Crippen LogP contribution in [-0.2, 0) is 4.74 Å². The summed E-state index contributed by atoms with van der Waals surface area (Å²) in [5, 5.41) is 12.0. The van der Waals surface area contributed by atoms with Crippen LogP contribution in [0.3, 0.4) is 0 Å². The van der Waals surface area contributed by atoms with Crippen molar-refractivity contribution in [2.24, 2.45) is 0 Å². The molecule has 4 fully saturated rings. The number of aromatic nitrogens is 3. The maximum absolute atomic E-state index is 17.4. The Balaban J connectivity index is 1.32. The van der Waals surface area contributed by atoms with Crippen LogP contribution in [-0.4, -0.2) is 89.7 Å². The first kappa shape index (κ1) is 34.6. The molecular formula is C42H50F3N5O3Si. The normalized spacial score (nSPS) is 25.1. The van der Waals surface area contributed by atoms with Gasteiger partial charge in [-0.05, 0) is 72.4 Å². The number of phenols is 1. The molecule has 2 aromatic carbocycles. The Hall–Kier alpha value is -3.92. The summed E-state index contributed by atoms with van der Waals surface area (Å²) >= 11 is 0. The van der Waals surface area contributed by atoms with Crippen LogP contribution < -0.4 is 9.64 Å². The lowest BCUT2D eigenvalue weighted by Crippen LogP contribution is -2.43. The molecule has 4 aromatic rings. The number of hydrogen-bond donors (Lipinski definition) is 1. The molecule has 12 heteroatoms. The summed E-state index contributed by atoms with van der Waals surface area (Å²) in [6.07, 6.45) is 2.77. The van der Waals surface area contributed by atoms with Crippen molar-refractivity contribution in [1.82, 2.24) is 19.9 Å². The van der Waals surface area contributed by atoms with Gasteiger partial charge in [-0.3, -0.25) is 9.88 Å². The first-order chi connectivity index (χ1) is 26.6. The predicted octanol–water partition coefficient (Wildman–Crippen LogP) is 8.72. The van der Waals surface area contributed by atoms with E-state index < -0.39 is 38.0 Å². The highest BCUT2D eigenvalue weighted by atomic mass is 28.3. The van der Waals surface area contributed by atoms with Crippen molar-refractivity contribution in [3.63, 3.8) is 0 Å². The molecule has 8 rings (SSSR count). The fourth-order valence-electron chi connectivity index (χ4n) is 9.78. The summed E-state index contributed by atoms with van der Waals surface area (Å²) in [4.78, 5) is 17.7. The first-order valence-corrected chi connectivity index (χ1v) is 21.6. The molecule has 0 spiro atoms. The molecule has 1 aliphatic carbocycles. The third-order valence-corrected chi connectivity index (χ3v) is 18.7. The van der Waals surface area contributed by atoms with Gasteiger partial charge in [0.15, 0.2) is 5.82 Å². The van der Waals surface area contributed by atoms with E-state index in [-0.39, 0.29) is 81.2 Å². The van der Waals surface area contributed by atoms with Gasteiger partial charge in [0.05, 0.1) is 31.4 Å². The van der Waals surface area contributed by atoms with Crippen LogP contribution in [0.25, 0.3) is 32.9 Å². The lowest BCUT2D eigenvalue weighted by molar-refractivity contribution is 0.107. The Morgan fingerprint density at radius 2 is 1.87 bits per heavy atom. The predicted molar refractivity (Wildman–Crippen MR) is 208 cm³/mol. The molecule has 3 saturated heterocycles. The Morgan fingerprint density at radius 1 is 1.09 bits per heavy atom. The smallest absolute Gasteiger partial charge is 0.319 e. The zero-order valence-electron chi connectivity index (χ0n) is 33.8. The Labute approximate surface area is 319 Å². The zero-order chi connectivity index (χ0) is 39.9. The number of rotatable bonds is 8. The Morgan fingerprint density at radius 3 is 2.63 bits per heavy atom. The van der Waals surface area contributed by atoms with Gasteiger partial charge in [-0.25, -0.2) is 13.2 Å². The van der Waals surface area contributed by atoms with E-state index in [0.29, 0.717) is 55.5 Å². The molecule has 2 aromatic heterocycles. The van der Waals surface area contributed by atoms with Crippen molar-refractivity contribution in [3.05, 3.63) is 47.7 Å². The van der Waals surface area contributed by atoms with Crippen LogP contribution in [0.1, 0.15) is 82.0 Å². The fraction of sp³-hybridized carbons (Fsp3) is 0.548. The minimum Gasteiger partial charge on any atom is -0.508 e. The van der Waals surface area contributed by atoms with E-state index in [1.54, 1.807) is 0 Å². The van der Waals surface area contributed by atoms with Crippen LogP contribution in [0.5, 0.6) is 11.8 Å². The molecule has 0 radical (unpaired) electrons. The van der Waals surface area contributed by atoms with Gasteiger partial charge in [0, 0.05) is 43.3 Å². The van der Waals surface area contributed by atoms with E-state index in [2.05, 4.69) is 63.0 Å². The van der Waals surface area contributed by atoms with Crippen molar-refractivity contribution < 1.29 is 30.5 Å². The fourth-order valence-corrected chi connectivity index (χ4v) is 15.0. The quantitative estimate of drug-likeness (QED) is 0.141. The number of nitrogens with zero attached hydrogens (tertiary/aromatic N) is 5. The van der Waals surface area contributed by atoms with Crippen LogP contribution in [0.15, 0.2) is 30.5 Å². The SMILES string of the molecule is [2H]C([2H])(Oc1nc(N2CCCO[C@@H]3C[C@@H]32)c2cnc(-c3cc(O)cc4ccc(F)c(C#C[Si](C(C)C)(C(C)C)C(C)C)c34)c(F)c2n1)[C@@]12CCCN1C[C@H](F)C2. The second kappa shape index (κ2) is 14.0. The summed E-state index contributed by atoms with van der Waals surface area (Å²) in [7, 11) is -2.32. The number of pyridine rings is 1. The number of alkyl halides is 1. The van der Waals surface area contributed by atoms with Crippen molar-refractivity contribution in [2.75, 3.05) is 37.7 Å². The van der Waals surface area contributed by atoms with Crippen LogP contribution in [0, 0.1) is 23.1 Å². The molecule has 3 aliphatic heterocycles. The van der Waals surface area contributed by atoms with Gasteiger partial charge in [-0.2, -0.15) is 9.97 Å². The molecular weight excluding hydrogens is 708 g/mol. The highest BCUT2D eigenvalue weighted by Gasteiger charge is 2.50. The van der Waals surface area contributed by atoms with Crippen molar-refractivity contribution in [3.8, 4) is 34.5 Å². The van der Waals surface area contributed by atoms with Crippen molar-refractivity contribution in [2.45, 2.75) is 114 Å². The molecule has 5 heterocycles. The minimum atomic E-state index is -2.40. The summed E-state index contributed by atoms with van der Waals surface area (Å²) in [6.45, 7) is 12.4. The van der Waals surface area contributed by atoms with Gasteiger partial charge in [0.1, 0.15) is 49.4 Å². The number of phenolic OH excluding ortho intramolecular Hbond substituents is 1. The van der Waals surface area contributed by atoms with E-state index in [9.17, 15) is 9.50 Å². The highest BCUT2D eigenvalue weighted by molar-refractivity contribution is 6.90. The lowest BCUT2D eigenvalue weighted by Gasteiger charge is -2.38. The summed E-state index contributed by atoms with van der Waals surface area (Å²) in [6, 6.07) is 5.31. The van der Waals surface area contributed by atoms with Gasteiger partial charge < -0.3 is 19.5 Å². The standard InChI is InChI=1S/C42H50F3N5O3Si/c1-24(2)54(25(3)4,26(5)6)16-11-30-33(44)10-9-27-17-29(51)18-31(36(27)30)38-37(45)39-32(21-46-38)40(50-14-8-15-52-35-19-34(35)50)48-41(47-39)53-23-42-12-7-13-49(42)22-28(43)20-42/h9-10,17-18,21,24-26,28,34-35,51H,7-8,12-15,19-20,22-23H2,1-6H3/t28-,34+,35-,42+/m1/s1/i23D2. The number of aromatic hydroxyl groups is 1. The van der Waals surface area contributed by atoms with Crippen molar-refractivity contribution >= 4 is 35.6 Å². The first-order valence-electron chi connectivity index (χ1n) is 20.4. The molecule has 8 nitrogen and oxygen atoms in total. The van der Waals surface area contributed by atoms with Crippen LogP contribution >= 0.6 is 0 Å². The summed E-state index contributed by atoms with van der Waals surface area (Å²) in [5.41, 5.74) is 3.14. The molecule has 0 unspecified atom stereocenters. The summed E-state index contributed by atoms with van der Waals surface area (Å²) < 4.78 is 78.7. The van der Waals surface area contributed by atoms with E-state index in [1.807, 2.05) is 9.80 Å². The second-order valence-corrected chi connectivity index (χ2v) is 22.1. The zero-order valence-corrected chi connectivity index (χ0v) is 32.8. The molecule has 0 bridgehead atoms. The number of fused-ring (bicyclic) bond motifs is 4. The number of anilines is 1. The van der Waals surface area contributed by atoms with E-state index in [0.717, 1.165) is 6.42 Å². The van der Waals surface area contributed by atoms with E-state index in [1.165, 1.54) is 30.5 Å². The second-order valence-electron chi connectivity index (χ2n) is 16.5. The van der Waals surface area contributed by atoms with E-state index >= 15 is 8.78 Å². The van der Waals surface area contributed by atoms with E-state index in [4.69, 9.17) is 17.2 Å². The molecule has 4 atom stereocenters. The molecule has 0 amide bonds. The Kier molecular flexibility index (Phi) is 8.95. The van der Waals surface area contributed by atoms with Gasteiger partial charge in [-0.1, -0.05) is 53.5 Å². The average molecular weight is 760 g/mol. The summed E-state index contributed by atoms with van der Waals surface area (Å²) in [5.74, 6) is 1.98. The maximum atomic E-state index is 17.4. The van der Waals surface area contributed by atoms with Gasteiger partial charge >= 0.3 is 6.01 Å².